The molecule has 0 saturated carbocycles. The van der Waals surface area contributed by atoms with Gasteiger partial charge in [0.1, 0.15) is 17.8 Å². The minimum absolute atomic E-state index is 0.0225. The Labute approximate surface area is 103 Å². The average Bonchev–Trinajstić information content (AvgIpc) is 2.72. The van der Waals surface area contributed by atoms with E-state index in [4.69, 9.17) is 16.0 Å². The van der Waals surface area contributed by atoms with Crippen LogP contribution in [-0.2, 0) is 6.42 Å². The predicted octanol–water partition coefficient (Wildman–Crippen LogP) is 3.81. The van der Waals surface area contributed by atoms with Gasteiger partial charge in [-0.2, -0.15) is 0 Å². The lowest BCUT2D eigenvalue weighted by molar-refractivity contribution is 0.0991. The summed E-state index contributed by atoms with van der Waals surface area (Å²) in [5.74, 6) is -0.0781. The molecule has 0 radical (unpaired) electrons. The molecule has 0 aliphatic carbocycles. The maximum atomic E-state index is 13.6. The van der Waals surface area contributed by atoms with E-state index >= 15 is 0 Å². The van der Waals surface area contributed by atoms with Crippen LogP contribution in [-0.4, -0.2) is 5.78 Å². The topological polar surface area (TPSA) is 30.2 Å². The number of hydrogen-bond donors (Lipinski definition) is 0. The molecule has 17 heavy (non-hydrogen) atoms. The standard InChI is InChI=1S/C13H10ClFO2/c1-8-5-10(7-17-8)12(16)6-9-3-2-4-11(14)13(9)15/h2-5,7H,6H2,1H3. The van der Waals surface area contributed by atoms with E-state index in [2.05, 4.69) is 0 Å². The zero-order valence-corrected chi connectivity index (χ0v) is 9.92. The van der Waals surface area contributed by atoms with Crippen LogP contribution in [0.1, 0.15) is 21.7 Å². The zero-order chi connectivity index (χ0) is 12.4. The molecule has 0 saturated heterocycles. The molecular formula is C13H10ClFO2. The Morgan fingerprint density at radius 2 is 2.24 bits per heavy atom. The maximum Gasteiger partial charge on any atom is 0.170 e. The molecule has 0 amide bonds. The van der Waals surface area contributed by atoms with Crippen molar-refractivity contribution in [3.05, 3.63) is 58.3 Å². The number of rotatable bonds is 3. The molecule has 0 spiro atoms. The third-order valence-corrected chi connectivity index (χ3v) is 2.73. The first kappa shape index (κ1) is 11.9. The fraction of sp³-hybridized carbons (Fsp3) is 0.154. The second-order valence-electron chi connectivity index (χ2n) is 3.76. The number of furan rings is 1. The second kappa shape index (κ2) is 4.72. The normalized spacial score (nSPS) is 10.5. The minimum atomic E-state index is -0.539. The highest BCUT2D eigenvalue weighted by Crippen LogP contribution is 2.19. The molecule has 0 N–H and O–H groups in total. The third-order valence-electron chi connectivity index (χ3n) is 2.44. The van der Waals surface area contributed by atoms with Crippen LogP contribution in [0, 0.1) is 12.7 Å². The lowest BCUT2D eigenvalue weighted by Gasteiger charge is -2.02. The van der Waals surface area contributed by atoms with Gasteiger partial charge in [0.25, 0.3) is 0 Å². The molecule has 0 aliphatic heterocycles. The number of aryl methyl sites for hydroxylation is 1. The Kier molecular flexibility index (Phi) is 3.29. The smallest absolute Gasteiger partial charge is 0.170 e. The van der Waals surface area contributed by atoms with Crippen molar-refractivity contribution in [3.8, 4) is 0 Å². The molecule has 0 atom stereocenters. The van der Waals surface area contributed by atoms with Crippen molar-refractivity contribution in [1.29, 1.82) is 0 Å². The molecule has 4 heteroatoms. The van der Waals surface area contributed by atoms with Crippen molar-refractivity contribution in [1.82, 2.24) is 0 Å². The number of Topliss-reactive ketones (excluding diaryl/α,β-unsaturated/α-hetero) is 1. The van der Waals surface area contributed by atoms with Crippen LogP contribution in [0.3, 0.4) is 0 Å². The Bertz CT molecular complexity index is 560. The Balaban J connectivity index is 2.21. The first-order chi connectivity index (χ1) is 8.08. The van der Waals surface area contributed by atoms with Gasteiger partial charge in [0.15, 0.2) is 5.78 Å². The van der Waals surface area contributed by atoms with Gasteiger partial charge < -0.3 is 4.42 Å². The lowest BCUT2D eigenvalue weighted by Crippen LogP contribution is -2.04. The van der Waals surface area contributed by atoms with Crippen molar-refractivity contribution in [3.63, 3.8) is 0 Å². The molecule has 2 nitrogen and oxygen atoms in total. The van der Waals surface area contributed by atoms with E-state index in [1.165, 1.54) is 12.3 Å². The number of halogens is 2. The number of carbonyl (C=O) groups is 1. The first-order valence-electron chi connectivity index (χ1n) is 5.09. The highest BCUT2D eigenvalue weighted by Gasteiger charge is 2.13. The minimum Gasteiger partial charge on any atom is -0.469 e. The molecular weight excluding hydrogens is 243 g/mol. The number of hydrogen-bond acceptors (Lipinski definition) is 2. The van der Waals surface area contributed by atoms with Crippen molar-refractivity contribution >= 4 is 17.4 Å². The van der Waals surface area contributed by atoms with Gasteiger partial charge in [0.2, 0.25) is 0 Å². The van der Waals surface area contributed by atoms with Crippen LogP contribution in [0.4, 0.5) is 4.39 Å². The van der Waals surface area contributed by atoms with Crippen molar-refractivity contribution in [2.24, 2.45) is 0 Å². The molecule has 88 valence electrons. The van der Waals surface area contributed by atoms with Crippen molar-refractivity contribution < 1.29 is 13.6 Å². The average molecular weight is 253 g/mol. The first-order valence-corrected chi connectivity index (χ1v) is 5.47. The highest BCUT2D eigenvalue weighted by molar-refractivity contribution is 6.30. The third kappa shape index (κ3) is 2.56. The summed E-state index contributed by atoms with van der Waals surface area (Å²) in [5.41, 5.74) is 0.739. The largest absolute Gasteiger partial charge is 0.469 e. The summed E-state index contributed by atoms with van der Waals surface area (Å²) in [6.07, 6.45) is 1.35. The molecule has 1 heterocycles. The van der Waals surface area contributed by atoms with Crippen LogP contribution in [0.15, 0.2) is 34.9 Å². The summed E-state index contributed by atoms with van der Waals surface area (Å²) in [6, 6.07) is 6.25. The van der Waals surface area contributed by atoms with Crippen LogP contribution in [0.2, 0.25) is 5.02 Å². The van der Waals surface area contributed by atoms with Gasteiger partial charge in [0, 0.05) is 6.42 Å². The van der Waals surface area contributed by atoms with Crippen LogP contribution >= 0.6 is 11.6 Å². The van der Waals surface area contributed by atoms with Gasteiger partial charge in [-0.25, -0.2) is 4.39 Å². The molecule has 2 rings (SSSR count). The van der Waals surface area contributed by atoms with Crippen molar-refractivity contribution in [2.45, 2.75) is 13.3 Å². The van der Waals surface area contributed by atoms with Crippen LogP contribution < -0.4 is 0 Å². The molecule has 0 aliphatic rings. The van der Waals surface area contributed by atoms with E-state index in [0.29, 0.717) is 16.9 Å². The van der Waals surface area contributed by atoms with Crippen LogP contribution in [0.5, 0.6) is 0 Å². The van der Waals surface area contributed by atoms with E-state index in [1.54, 1.807) is 25.1 Å². The van der Waals surface area contributed by atoms with E-state index in [-0.39, 0.29) is 17.2 Å². The Morgan fingerprint density at radius 1 is 1.47 bits per heavy atom. The molecule has 1 aromatic heterocycles. The summed E-state index contributed by atoms with van der Waals surface area (Å²) in [6.45, 7) is 1.75. The monoisotopic (exact) mass is 252 g/mol. The summed E-state index contributed by atoms with van der Waals surface area (Å²) in [5, 5.41) is 0.0266. The molecule has 0 unspecified atom stereocenters. The summed E-state index contributed by atoms with van der Waals surface area (Å²) in [7, 11) is 0. The van der Waals surface area contributed by atoms with Crippen LogP contribution in [0.25, 0.3) is 0 Å². The molecule has 2 aromatic rings. The van der Waals surface area contributed by atoms with E-state index in [9.17, 15) is 9.18 Å². The lowest BCUT2D eigenvalue weighted by atomic mass is 10.0. The summed E-state index contributed by atoms with van der Waals surface area (Å²) in [4.78, 5) is 11.8. The predicted molar refractivity (Wildman–Crippen MR) is 62.9 cm³/mol. The number of carbonyl (C=O) groups excluding carboxylic acids is 1. The summed E-state index contributed by atoms with van der Waals surface area (Å²) < 4.78 is 18.6. The zero-order valence-electron chi connectivity index (χ0n) is 9.17. The van der Waals surface area contributed by atoms with Gasteiger partial charge >= 0.3 is 0 Å². The fourth-order valence-electron chi connectivity index (χ4n) is 1.55. The second-order valence-corrected chi connectivity index (χ2v) is 4.17. The summed E-state index contributed by atoms with van der Waals surface area (Å²) >= 11 is 5.64. The Morgan fingerprint density at radius 3 is 2.88 bits per heavy atom. The molecule has 0 bridgehead atoms. The van der Waals surface area contributed by atoms with E-state index in [0.717, 1.165) is 0 Å². The van der Waals surface area contributed by atoms with E-state index < -0.39 is 5.82 Å². The van der Waals surface area contributed by atoms with Gasteiger partial charge in [-0.3, -0.25) is 4.79 Å². The quantitative estimate of drug-likeness (QED) is 0.778. The maximum absolute atomic E-state index is 13.6. The SMILES string of the molecule is Cc1cc(C(=O)Cc2cccc(Cl)c2F)co1. The number of ketones is 1. The fourth-order valence-corrected chi connectivity index (χ4v) is 1.74. The number of benzene rings is 1. The molecule has 0 fully saturated rings. The van der Waals surface area contributed by atoms with E-state index in [1.807, 2.05) is 0 Å². The highest BCUT2D eigenvalue weighted by atomic mass is 35.5. The molecule has 1 aromatic carbocycles. The van der Waals surface area contributed by atoms with Crippen molar-refractivity contribution in [2.75, 3.05) is 0 Å². The van der Waals surface area contributed by atoms with Gasteiger partial charge in [-0.15, -0.1) is 0 Å². The van der Waals surface area contributed by atoms with Gasteiger partial charge in [-0.1, -0.05) is 23.7 Å². The van der Waals surface area contributed by atoms with Gasteiger partial charge in [-0.05, 0) is 24.6 Å². The Hall–Kier alpha value is -1.61. The van der Waals surface area contributed by atoms with Gasteiger partial charge in [0.05, 0.1) is 10.6 Å².